The van der Waals surface area contributed by atoms with E-state index in [0.29, 0.717) is 0 Å². The SMILES string of the molecule is O=C(O)O.[H-].[H-].[Sr+2].[Zn]. The average Bonchev–Trinajstić information content (AvgIpc) is 0.811. The molecule has 30 valence electrons. The van der Waals surface area contributed by atoms with Crippen molar-refractivity contribution in [1.29, 1.82) is 0 Å². The van der Waals surface area contributed by atoms with Crippen LogP contribution in [-0.2, 0) is 19.5 Å². The zero-order valence-electron chi connectivity index (χ0n) is 5.22. The van der Waals surface area contributed by atoms with Crippen LogP contribution < -0.4 is 0 Å². The van der Waals surface area contributed by atoms with Gasteiger partial charge in [0.2, 0.25) is 0 Å². The molecule has 0 spiro atoms. The largest absolute Gasteiger partial charge is 2.00 e. The van der Waals surface area contributed by atoms with E-state index >= 15 is 0 Å². The third kappa shape index (κ3) is 54.5. The normalized spacial score (nSPS) is 4.00. The fourth-order valence-corrected chi connectivity index (χ4v) is 0. The summed E-state index contributed by atoms with van der Waals surface area (Å²) in [6, 6.07) is 0. The second-order valence-electron chi connectivity index (χ2n) is 0.283. The molecule has 0 radical (unpaired) electrons. The predicted molar refractivity (Wildman–Crippen MR) is 18.6 cm³/mol. The van der Waals surface area contributed by atoms with Crippen LogP contribution in [0.5, 0.6) is 0 Å². The molecule has 0 amide bonds. The van der Waals surface area contributed by atoms with E-state index in [9.17, 15) is 0 Å². The summed E-state index contributed by atoms with van der Waals surface area (Å²) in [6.45, 7) is 0. The van der Waals surface area contributed by atoms with Gasteiger partial charge in [-0.2, -0.15) is 0 Å². The molecule has 0 fully saturated rings. The molecule has 0 aliphatic rings. The molecule has 5 heteroatoms. The van der Waals surface area contributed by atoms with Crippen LogP contribution in [0.2, 0.25) is 0 Å². The second kappa shape index (κ2) is 9.62. The minimum Gasteiger partial charge on any atom is -1.00 e. The molecule has 0 saturated carbocycles. The van der Waals surface area contributed by atoms with Gasteiger partial charge in [0.1, 0.15) is 0 Å². The van der Waals surface area contributed by atoms with Gasteiger partial charge in [-0.15, -0.1) is 0 Å². The van der Waals surface area contributed by atoms with Crippen molar-refractivity contribution in [1.82, 2.24) is 0 Å². The summed E-state index contributed by atoms with van der Waals surface area (Å²) in [5.41, 5.74) is 0. The van der Waals surface area contributed by atoms with Crippen LogP contribution in [0, 0.1) is 0 Å². The quantitative estimate of drug-likeness (QED) is 0.564. The first kappa shape index (κ1) is 15.7. The summed E-state index contributed by atoms with van der Waals surface area (Å²) in [4.78, 5) is 8.56. The Labute approximate surface area is 87.7 Å². The van der Waals surface area contributed by atoms with Gasteiger partial charge in [0.15, 0.2) is 0 Å². The Morgan fingerprint density at radius 3 is 1.50 bits per heavy atom. The summed E-state index contributed by atoms with van der Waals surface area (Å²) in [5, 5.41) is 13.9. The molecule has 0 aliphatic heterocycles. The maximum Gasteiger partial charge on any atom is 2.00 e. The molecule has 2 N–H and O–H groups in total. The van der Waals surface area contributed by atoms with Crippen molar-refractivity contribution in [2.75, 3.05) is 0 Å². The molecule has 0 unspecified atom stereocenters. The molecule has 0 aromatic heterocycles. The zero-order chi connectivity index (χ0) is 3.58. The number of hydrogen-bond acceptors (Lipinski definition) is 1. The molecule has 3 nitrogen and oxygen atoms in total. The molecule has 6 heavy (non-hydrogen) atoms. The zero-order valence-corrected chi connectivity index (χ0v) is 9.66. The third-order valence-corrected chi connectivity index (χ3v) is 0. The van der Waals surface area contributed by atoms with Crippen LogP contribution >= 0.6 is 0 Å². The molecule has 0 heterocycles. The van der Waals surface area contributed by atoms with Crippen molar-refractivity contribution in [3.63, 3.8) is 0 Å². The minimum atomic E-state index is -1.83. The van der Waals surface area contributed by atoms with Gasteiger partial charge in [0.05, 0.1) is 0 Å². The van der Waals surface area contributed by atoms with Gasteiger partial charge in [-0.25, -0.2) is 4.79 Å². The molecule has 0 atom stereocenters. The van der Waals surface area contributed by atoms with Crippen LogP contribution in [-0.4, -0.2) is 61.9 Å². The molecule has 0 bridgehead atoms. The van der Waals surface area contributed by atoms with Crippen LogP contribution in [0.3, 0.4) is 0 Å². The number of carboxylic acid groups (broad SMARTS) is 2. The second-order valence-corrected chi connectivity index (χ2v) is 0.283. The number of carbonyl (C=O) groups is 1. The van der Waals surface area contributed by atoms with Gasteiger partial charge >= 0.3 is 51.6 Å². The van der Waals surface area contributed by atoms with Gasteiger partial charge in [0.25, 0.3) is 0 Å². The van der Waals surface area contributed by atoms with Gasteiger partial charge in [-0.1, -0.05) is 0 Å². The van der Waals surface area contributed by atoms with Crippen molar-refractivity contribution < 1.29 is 37.3 Å². The summed E-state index contributed by atoms with van der Waals surface area (Å²) in [6.07, 6.45) is -1.83. The Bertz CT molecular complexity index is 40.3. The van der Waals surface area contributed by atoms with Gasteiger partial charge < -0.3 is 13.1 Å². The standard InChI is InChI=1S/CH2O3.Sr.Zn.2H/c2-1(3)4;;;;/h(H2,2,3,4);;;;/q;+2;;2*-1. The fraction of sp³-hybridized carbons (Fsp3) is 0. The average molecular weight is 217 g/mol. The van der Waals surface area contributed by atoms with Crippen LogP contribution in [0.4, 0.5) is 4.79 Å². The molecular formula is CH4O3SrZn. The van der Waals surface area contributed by atoms with Crippen molar-refractivity contribution in [3.8, 4) is 0 Å². The smallest absolute Gasteiger partial charge is 1.00 e. The first-order chi connectivity index (χ1) is 1.73. The Kier molecular flexibility index (Phi) is 25.1. The summed E-state index contributed by atoms with van der Waals surface area (Å²) in [7, 11) is 0. The van der Waals surface area contributed by atoms with Crippen LogP contribution in [0.25, 0.3) is 0 Å². The van der Waals surface area contributed by atoms with Crippen molar-refractivity contribution >= 4 is 51.6 Å². The maximum absolute atomic E-state index is 8.56. The first-order valence-electron chi connectivity index (χ1n) is 0.651. The molecule has 0 aromatic carbocycles. The number of hydrogen-bond donors (Lipinski definition) is 2. The Morgan fingerprint density at radius 1 is 1.50 bits per heavy atom. The van der Waals surface area contributed by atoms with E-state index in [0.717, 1.165) is 0 Å². The minimum absolute atomic E-state index is 0. The molecular weight excluding hydrogens is 213 g/mol. The Balaban J connectivity index is -0.00000000750. The molecule has 0 saturated heterocycles. The predicted octanol–water partition coefficient (Wildman–Crippen LogP) is 0.0641. The van der Waals surface area contributed by atoms with Crippen LogP contribution in [0.1, 0.15) is 2.85 Å². The van der Waals surface area contributed by atoms with E-state index in [4.69, 9.17) is 15.0 Å². The molecule has 0 aromatic rings. The Hall–Kier alpha value is 1.37. The maximum atomic E-state index is 8.56. The summed E-state index contributed by atoms with van der Waals surface area (Å²) >= 11 is 0. The van der Waals surface area contributed by atoms with Gasteiger partial charge in [-0.05, 0) is 0 Å². The van der Waals surface area contributed by atoms with Gasteiger partial charge in [0, 0.05) is 19.5 Å². The fourth-order valence-electron chi connectivity index (χ4n) is 0. The topological polar surface area (TPSA) is 57.5 Å². The molecule has 0 aliphatic carbocycles. The monoisotopic (exact) mass is 216 g/mol. The van der Waals surface area contributed by atoms with E-state index in [-0.39, 0.29) is 67.8 Å². The van der Waals surface area contributed by atoms with Crippen molar-refractivity contribution in [2.45, 2.75) is 0 Å². The van der Waals surface area contributed by atoms with E-state index in [1.54, 1.807) is 0 Å². The molecule has 0 rings (SSSR count). The first-order valence-corrected chi connectivity index (χ1v) is 0.651. The number of rotatable bonds is 0. The van der Waals surface area contributed by atoms with Crippen LogP contribution in [0.15, 0.2) is 0 Å². The third-order valence-electron chi connectivity index (χ3n) is 0. The van der Waals surface area contributed by atoms with E-state index in [1.807, 2.05) is 0 Å². The van der Waals surface area contributed by atoms with Gasteiger partial charge in [-0.3, -0.25) is 0 Å². The summed E-state index contributed by atoms with van der Waals surface area (Å²) < 4.78 is 0. The van der Waals surface area contributed by atoms with E-state index in [1.165, 1.54) is 0 Å². The van der Waals surface area contributed by atoms with E-state index in [2.05, 4.69) is 0 Å². The van der Waals surface area contributed by atoms with Crippen molar-refractivity contribution in [2.24, 2.45) is 0 Å². The Morgan fingerprint density at radius 2 is 1.50 bits per heavy atom. The van der Waals surface area contributed by atoms with Crippen molar-refractivity contribution in [3.05, 3.63) is 0 Å². The summed E-state index contributed by atoms with van der Waals surface area (Å²) in [5.74, 6) is 0. The van der Waals surface area contributed by atoms with E-state index < -0.39 is 6.16 Å².